The molecule has 86 valence electrons. The number of hydrogen-bond donors (Lipinski definition) is 1. The van der Waals surface area contributed by atoms with Crippen LogP contribution < -0.4 is 5.32 Å². The lowest BCUT2D eigenvalue weighted by Gasteiger charge is -2.24. The van der Waals surface area contributed by atoms with Crippen LogP contribution >= 0.6 is 0 Å². The molecule has 0 saturated carbocycles. The zero-order chi connectivity index (χ0) is 10.8. The van der Waals surface area contributed by atoms with Gasteiger partial charge in [0, 0.05) is 13.1 Å². The first-order valence-corrected chi connectivity index (χ1v) is 5.96. The van der Waals surface area contributed by atoms with Crippen LogP contribution in [0.1, 0.15) is 20.3 Å². The Labute approximate surface area is 91.6 Å². The van der Waals surface area contributed by atoms with Crippen LogP contribution in [0, 0.1) is 5.92 Å². The second-order valence-electron chi connectivity index (χ2n) is 4.65. The Morgan fingerprint density at radius 3 is 2.87 bits per heavy atom. The normalized spacial score (nSPS) is 32.9. The van der Waals surface area contributed by atoms with Crippen LogP contribution in [0.5, 0.6) is 0 Å². The van der Waals surface area contributed by atoms with Crippen molar-refractivity contribution in [3.8, 4) is 0 Å². The monoisotopic (exact) mass is 211 g/mol. The van der Waals surface area contributed by atoms with E-state index in [1.807, 2.05) is 4.90 Å². The molecule has 0 aromatic heterocycles. The minimum Gasteiger partial charge on any atom is -0.326 e. The van der Waals surface area contributed by atoms with Crippen molar-refractivity contribution in [3.63, 3.8) is 0 Å². The largest absolute Gasteiger partial charge is 0.326 e. The first kappa shape index (κ1) is 10.9. The Hall–Kier alpha value is -0.610. The van der Waals surface area contributed by atoms with Gasteiger partial charge < -0.3 is 9.80 Å². The zero-order valence-corrected chi connectivity index (χ0v) is 9.70. The molecular weight excluding hydrogens is 190 g/mol. The second-order valence-corrected chi connectivity index (χ2v) is 4.65. The summed E-state index contributed by atoms with van der Waals surface area (Å²) in [7, 11) is 0. The van der Waals surface area contributed by atoms with Gasteiger partial charge in [-0.1, -0.05) is 6.92 Å². The topological polar surface area (TPSA) is 35.6 Å². The van der Waals surface area contributed by atoms with E-state index in [9.17, 15) is 4.79 Å². The summed E-state index contributed by atoms with van der Waals surface area (Å²) in [6, 6.07) is 0. The van der Waals surface area contributed by atoms with Gasteiger partial charge in [-0.25, -0.2) is 0 Å². The molecule has 2 saturated heterocycles. The van der Waals surface area contributed by atoms with E-state index in [1.165, 1.54) is 13.0 Å². The molecule has 1 amide bonds. The highest BCUT2D eigenvalue weighted by Gasteiger charge is 2.31. The van der Waals surface area contributed by atoms with E-state index in [0.717, 1.165) is 19.6 Å². The maximum absolute atomic E-state index is 11.6. The molecule has 2 fully saturated rings. The molecule has 4 heteroatoms. The average molecular weight is 211 g/mol. The van der Waals surface area contributed by atoms with Crippen molar-refractivity contribution in [1.29, 1.82) is 0 Å². The Morgan fingerprint density at radius 2 is 2.33 bits per heavy atom. The van der Waals surface area contributed by atoms with E-state index >= 15 is 0 Å². The second kappa shape index (κ2) is 4.49. The molecular formula is C11H21N3O. The predicted octanol–water partition coefficient (Wildman–Crippen LogP) is 0.106. The van der Waals surface area contributed by atoms with Gasteiger partial charge >= 0.3 is 0 Å². The van der Waals surface area contributed by atoms with E-state index < -0.39 is 0 Å². The van der Waals surface area contributed by atoms with E-state index in [2.05, 4.69) is 24.1 Å². The Kier molecular flexibility index (Phi) is 3.26. The van der Waals surface area contributed by atoms with Gasteiger partial charge in [0.05, 0.1) is 12.7 Å². The number of hydrogen-bond acceptors (Lipinski definition) is 3. The smallest absolute Gasteiger partial charge is 0.237 e. The average Bonchev–Trinajstić information content (AvgIpc) is 2.80. The van der Waals surface area contributed by atoms with Gasteiger partial charge in [0.2, 0.25) is 5.91 Å². The van der Waals surface area contributed by atoms with Gasteiger partial charge in [0.25, 0.3) is 0 Å². The number of rotatable bonds is 3. The van der Waals surface area contributed by atoms with E-state index in [0.29, 0.717) is 12.5 Å². The summed E-state index contributed by atoms with van der Waals surface area (Å²) < 4.78 is 0. The van der Waals surface area contributed by atoms with Crippen molar-refractivity contribution in [3.05, 3.63) is 0 Å². The third-order valence-electron chi connectivity index (χ3n) is 3.61. The lowest BCUT2D eigenvalue weighted by Crippen LogP contribution is -2.39. The van der Waals surface area contributed by atoms with Gasteiger partial charge in [-0.3, -0.25) is 10.1 Å². The molecule has 1 N–H and O–H groups in total. The molecule has 2 heterocycles. The first-order valence-electron chi connectivity index (χ1n) is 5.96. The summed E-state index contributed by atoms with van der Waals surface area (Å²) in [6.45, 7) is 9.22. The van der Waals surface area contributed by atoms with E-state index in [1.54, 1.807) is 0 Å². The molecule has 15 heavy (non-hydrogen) atoms. The summed E-state index contributed by atoms with van der Waals surface area (Å²) in [5.41, 5.74) is 0. The molecule has 0 aromatic carbocycles. The van der Waals surface area contributed by atoms with E-state index in [4.69, 9.17) is 0 Å². The Balaban J connectivity index is 1.84. The molecule has 0 spiro atoms. The van der Waals surface area contributed by atoms with Crippen LogP contribution in [0.25, 0.3) is 0 Å². The number of likely N-dealkylation sites (tertiary alicyclic amines) is 1. The van der Waals surface area contributed by atoms with Crippen LogP contribution in [-0.4, -0.2) is 54.6 Å². The third-order valence-corrected chi connectivity index (χ3v) is 3.61. The number of nitrogens with zero attached hydrogens (tertiary/aromatic N) is 2. The van der Waals surface area contributed by atoms with Crippen LogP contribution in [0.15, 0.2) is 0 Å². The summed E-state index contributed by atoms with van der Waals surface area (Å²) >= 11 is 0. The minimum atomic E-state index is 0.230. The fourth-order valence-corrected chi connectivity index (χ4v) is 2.55. The fourth-order valence-electron chi connectivity index (χ4n) is 2.55. The molecule has 2 rings (SSSR count). The van der Waals surface area contributed by atoms with Gasteiger partial charge in [-0.15, -0.1) is 0 Å². The molecule has 4 nitrogen and oxygen atoms in total. The minimum absolute atomic E-state index is 0.230. The number of nitrogens with one attached hydrogen (secondary N) is 1. The van der Waals surface area contributed by atoms with Crippen molar-refractivity contribution in [2.45, 2.75) is 26.4 Å². The fraction of sp³-hybridized carbons (Fsp3) is 0.909. The molecule has 2 atom stereocenters. The van der Waals surface area contributed by atoms with Crippen molar-refractivity contribution >= 4 is 5.91 Å². The summed E-state index contributed by atoms with van der Waals surface area (Å²) in [6.07, 6.45) is 1.47. The lowest BCUT2D eigenvalue weighted by molar-refractivity contribution is -0.128. The Morgan fingerprint density at radius 1 is 1.53 bits per heavy atom. The summed E-state index contributed by atoms with van der Waals surface area (Å²) in [5, 5.41) is 3.18. The maximum atomic E-state index is 11.6. The number of amides is 1. The highest BCUT2D eigenvalue weighted by Crippen LogP contribution is 2.18. The molecule has 0 radical (unpaired) electrons. The van der Waals surface area contributed by atoms with Crippen molar-refractivity contribution in [1.82, 2.24) is 15.1 Å². The number of carbonyl (C=O) groups excluding carboxylic acids is 1. The summed E-state index contributed by atoms with van der Waals surface area (Å²) in [5.74, 6) is 0.939. The van der Waals surface area contributed by atoms with Gasteiger partial charge in [0.15, 0.2) is 0 Å². The highest BCUT2D eigenvalue weighted by molar-refractivity contribution is 5.80. The third kappa shape index (κ3) is 2.32. The molecule has 0 aromatic rings. The molecule has 2 aliphatic heterocycles. The van der Waals surface area contributed by atoms with Gasteiger partial charge in [0.1, 0.15) is 0 Å². The standard InChI is InChI=1S/C11H21N3O/c1-3-13-5-4-10(7-13)8-14-9(2)12-6-11(14)15/h9-10,12H,3-8H2,1-2H3. The maximum Gasteiger partial charge on any atom is 0.237 e. The van der Waals surface area contributed by atoms with Crippen LogP contribution in [0.2, 0.25) is 0 Å². The van der Waals surface area contributed by atoms with Crippen molar-refractivity contribution in [2.75, 3.05) is 32.7 Å². The van der Waals surface area contributed by atoms with Gasteiger partial charge in [-0.2, -0.15) is 0 Å². The molecule has 2 aliphatic rings. The lowest BCUT2D eigenvalue weighted by atomic mass is 10.1. The molecule has 0 aliphatic carbocycles. The number of carbonyl (C=O) groups is 1. The predicted molar refractivity (Wildman–Crippen MR) is 59.4 cm³/mol. The SMILES string of the molecule is CCN1CCC(CN2C(=O)CNC2C)C1. The quantitative estimate of drug-likeness (QED) is 0.719. The Bertz CT molecular complexity index is 244. The molecule has 0 bridgehead atoms. The van der Waals surface area contributed by atoms with Gasteiger partial charge in [-0.05, 0) is 32.4 Å². The van der Waals surface area contributed by atoms with Crippen LogP contribution in [0.3, 0.4) is 0 Å². The van der Waals surface area contributed by atoms with E-state index in [-0.39, 0.29) is 12.1 Å². The zero-order valence-electron chi connectivity index (χ0n) is 9.70. The van der Waals surface area contributed by atoms with Crippen molar-refractivity contribution in [2.24, 2.45) is 5.92 Å². The van der Waals surface area contributed by atoms with Crippen LogP contribution in [-0.2, 0) is 4.79 Å². The van der Waals surface area contributed by atoms with Crippen LogP contribution in [0.4, 0.5) is 0 Å². The molecule has 2 unspecified atom stereocenters. The first-order chi connectivity index (χ1) is 7.20. The highest BCUT2D eigenvalue weighted by atomic mass is 16.2. The summed E-state index contributed by atoms with van der Waals surface area (Å²) in [4.78, 5) is 16.0. The van der Waals surface area contributed by atoms with Crippen molar-refractivity contribution < 1.29 is 4.79 Å².